The zero-order chi connectivity index (χ0) is 12.4. The van der Waals surface area contributed by atoms with Crippen LogP contribution < -0.4 is 5.56 Å². The summed E-state index contributed by atoms with van der Waals surface area (Å²) in [5, 5.41) is 0.662. The predicted molar refractivity (Wildman–Crippen MR) is 73.7 cm³/mol. The van der Waals surface area contributed by atoms with Crippen molar-refractivity contribution in [3.05, 3.63) is 67.5 Å². The molecule has 0 N–H and O–H groups in total. The summed E-state index contributed by atoms with van der Waals surface area (Å²) in [7, 11) is 0. The number of hydrogen-bond donors (Lipinski definition) is 0. The van der Waals surface area contributed by atoms with Gasteiger partial charge in [-0.3, -0.25) is 4.79 Å². The minimum absolute atomic E-state index is 0.0102. The smallest absolute Gasteiger partial charge is 0.251 e. The second kappa shape index (κ2) is 5.07. The highest BCUT2D eigenvalue weighted by Gasteiger charge is 2.05. The Kier molecular flexibility index (Phi) is 3.69. The molecule has 17 heavy (non-hydrogen) atoms. The number of pyridine rings is 1. The Morgan fingerprint density at radius 2 is 2.06 bits per heavy atom. The maximum absolute atomic E-state index is 11.7. The number of halogens is 2. The number of aromatic nitrogens is 1. The van der Waals surface area contributed by atoms with Gasteiger partial charge in [0.15, 0.2) is 0 Å². The van der Waals surface area contributed by atoms with Crippen LogP contribution in [0.15, 0.2) is 45.7 Å². The van der Waals surface area contributed by atoms with Crippen molar-refractivity contribution in [2.75, 3.05) is 0 Å². The maximum Gasteiger partial charge on any atom is 0.251 e. The fraction of sp³-hybridized carbons (Fsp3) is 0.154. The first kappa shape index (κ1) is 12.4. The first-order chi connectivity index (χ1) is 8.08. The average Bonchev–Trinajstić information content (AvgIpc) is 2.26. The molecule has 0 unspecified atom stereocenters. The number of nitrogens with zero attached hydrogens (tertiary/aromatic N) is 1. The van der Waals surface area contributed by atoms with Crippen LogP contribution >= 0.6 is 27.5 Å². The first-order valence-electron chi connectivity index (χ1n) is 5.18. The number of aryl methyl sites for hydroxylation is 1. The molecule has 0 bridgehead atoms. The molecule has 2 nitrogen and oxygen atoms in total. The Morgan fingerprint density at radius 1 is 1.29 bits per heavy atom. The largest absolute Gasteiger partial charge is 0.308 e. The van der Waals surface area contributed by atoms with Gasteiger partial charge in [-0.15, -0.1) is 0 Å². The van der Waals surface area contributed by atoms with E-state index in [9.17, 15) is 4.79 Å². The molecule has 1 aromatic carbocycles. The van der Waals surface area contributed by atoms with E-state index in [1.165, 1.54) is 0 Å². The number of rotatable bonds is 2. The third-order valence-corrected chi connectivity index (χ3v) is 3.46. The van der Waals surface area contributed by atoms with Crippen molar-refractivity contribution >= 4 is 27.5 Å². The van der Waals surface area contributed by atoms with Crippen LogP contribution in [-0.2, 0) is 6.54 Å². The molecular formula is C13H11BrClNO. The van der Waals surface area contributed by atoms with Gasteiger partial charge in [0.1, 0.15) is 0 Å². The minimum atomic E-state index is -0.0102. The van der Waals surface area contributed by atoms with Gasteiger partial charge in [-0.1, -0.05) is 39.7 Å². The standard InChI is InChI=1S/C13H11BrClNO/c1-9-3-2-4-13(17)16(9)8-10-5-6-11(14)7-12(10)15/h2-7H,8H2,1H3. The van der Waals surface area contributed by atoms with E-state index < -0.39 is 0 Å². The topological polar surface area (TPSA) is 22.0 Å². The second-order valence-electron chi connectivity index (χ2n) is 3.83. The molecule has 1 heterocycles. The molecule has 2 aromatic rings. The monoisotopic (exact) mass is 311 g/mol. The van der Waals surface area contributed by atoms with E-state index in [1.54, 1.807) is 16.7 Å². The van der Waals surface area contributed by atoms with E-state index >= 15 is 0 Å². The van der Waals surface area contributed by atoms with E-state index in [-0.39, 0.29) is 5.56 Å². The lowest BCUT2D eigenvalue weighted by atomic mass is 10.2. The fourth-order valence-corrected chi connectivity index (χ4v) is 2.38. The van der Waals surface area contributed by atoms with Gasteiger partial charge >= 0.3 is 0 Å². The van der Waals surface area contributed by atoms with Crippen molar-refractivity contribution in [2.45, 2.75) is 13.5 Å². The van der Waals surface area contributed by atoms with E-state index in [0.29, 0.717) is 11.6 Å². The summed E-state index contributed by atoms with van der Waals surface area (Å²) < 4.78 is 2.64. The summed E-state index contributed by atoms with van der Waals surface area (Å²) in [5.74, 6) is 0. The van der Waals surface area contributed by atoms with Gasteiger partial charge in [0.25, 0.3) is 5.56 Å². The molecule has 0 amide bonds. The van der Waals surface area contributed by atoms with Crippen LogP contribution in [0.3, 0.4) is 0 Å². The zero-order valence-electron chi connectivity index (χ0n) is 9.28. The molecule has 0 aliphatic rings. The van der Waals surface area contributed by atoms with Crippen molar-refractivity contribution in [1.29, 1.82) is 0 Å². The van der Waals surface area contributed by atoms with Crippen LogP contribution in [0.25, 0.3) is 0 Å². The van der Waals surface area contributed by atoms with Crippen LogP contribution in [0.4, 0.5) is 0 Å². The molecule has 0 spiro atoms. The van der Waals surface area contributed by atoms with Crippen LogP contribution in [-0.4, -0.2) is 4.57 Å². The molecule has 88 valence electrons. The van der Waals surface area contributed by atoms with E-state index in [2.05, 4.69) is 15.9 Å². The quantitative estimate of drug-likeness (QED) is 0.830. The fourth-order valence-electron chi connectivity index (χ4n) is 1.65. The van der Waals surface area contributed by atoms with Crippen molar-refractivity contribution in [3.8, 4) is 0 Å². The van der Waals surface area contributed by atoms with Crippen molar-refractivity contribution in [1.82, 2.24) is 4.57 Å². The molecule has 0 saturated heterocycles. The highest BCUT2D eigenvalue weighted by molar-refractivity contribution is 9.10. The Bertz CT molecular complexity index is 607. The first-order valence-corrected chi connectivity index (χ1v) is 6.35. The highest BCUT2D eigenvalue weighted by atomic mass is 79.9. The predicted octanol–water partition coefficient (Wildman–Crippen LogP) is 3.62. The van der Waals surface area contributed by atoms with Crippen LogP contribution in [0, 0.1) is 6.92 Å². The van der Waals surface area contributed by atoms with Gasteiger partial charge in [-0.05, 0) is 30.7 Å². The van der Waals surface area contributed by atoms with Gasteiger partial charge in [0, 0.05) is 21.3 Å². The molecule has 0 aliphatic heterocycles. The summed E-state index contributed by atoms with van der Waals surface area (Å²) in [6, 6.07) is 10.9. The molecule has 2 rings (SSSR count). The zero-order valence-corrected chi connectivity index (χ0v) is 11.6. The lowest BCUT2D eigenvalue weighted by Gasteiger charge is -2.10. The Balaban J connectivity index is 2.42. The Morgan fingerprint density at radius 3 is 2.71 bits per heavy atom. The molecule has 1 aromatic heterocycles. The summed E-state index contributed by atoms with van der Waals surface area (Å²) in [6.07, 6.45) is 0. The maximum atomic E-state index is 11.7. The molecule has 0 aliphatic carbocycles. The van der Waals surface area contributed by atoms with Gasteiger partial charge < -0.3 is 4.57 Å². The molecule has 0 saturated carbocycles. The van der Waals surface area contributed by atoms with Crippen molar-refractivity contribution in [3.63, 3.8) is 0 Å². The van der Waals surface area contributed by atoms with E-state index in [1.807, 2.05) is 31.2 Å². The van der Waals surface area contributed by atoms with Gasteiger partial charge in [-0.2, -0.15) is 0 Å². The van der Waals surface area contributed by atoms with Crippen molar-refractivity contribution < 1.29 is 0 Å². The van der Waals surface area contributed by atoms with Crippen molar-refractivity contribution in [2.24, 2.45) is 0 Å². The van der Waals surface area contributed by atoms with Gasteiger partial charge in [-0.25, -0.2) is 0 Å². The highest BCUT2D eigenvalue weighted by Crippen LogP contribution is 2.22. The molecule has 4 heteroatoms. The second-order valence-corrected chi connectivity index (χ2v) is 5.15. The van der Waals surface area contributed by atoms with Crippen LogP contribution in [0.1, 0.15) is 11.3 Å². The molecule has 0 fully saturated rings. The van der Waals surface area contributed by atoms with Gasteiger partial charge in [0.05, 0.1) is 6.54 Å². The third kappa shape index (κ3) is 2.79. The minimum Gasteiger partial charge on any atom is -0.308 e. The summed E-state index contributed by atoms with van der Waals surface area (Å²) in [5.41, 5.74) is 1.85. The number of benzene rings is 1. The lowest BCUT2D eigenvalue weighted by molar-refractivity contribution is 0.730. The average molecular weight is 313 g/mol. The van der Waals surface area contributed by atoms with Crippen LogP contribution in [0.5, 0.6) is 0 Å². The molecule has 0 radical (unpaired) electrons. The Labute approximate surface area is 113 Å². The van der Waals surface area contributed by atoms with E-state index in [0.717, 1.165) is 15.7 Å². The Hall–Kier alpha value is -1.06. The molecular weight excluding hydrogens is 302 g/mol. The lowest BCUT2D eigenvalue weighted by Crippen LogP contribution is -2.21. The number of hydrogen-bond acceptors (Lipinski definition) is 1. The summed E-state index contributed by atoms with van der Waals surface area (Å²) in [4.78, 5) is 11.7. The van der Waals surface area contributed by atoms with E-state index in [4.69, 9.17) is 11.6 Å². The van der Waals surface area contributed by atoms with Gasteiger partial charge in [0.2, 0.25) is 0 Å². The normalized spacial score (nSPS) is 10.5. The summed E-state index contributed by atoms with van der Waals surface area (Å²) >= 11 is 9.50. The SMILES string of the molecule is Cc1cccc(=O)n1Cc1ccc(Br)cc1Cl. The summed E-state index contributed by atoms with van der Waals surface area (Å²) in [6.45, 7) is 2.41. The molecule has 0 atom stereocenters. The van der Waals surface area contributed by atoms with Crippen LogP contribution in [0.2, 0.25) is 5.02 Å². The third-order valence-electron chi connectivity index (χ3n) is 2.61.